The third-order valence-corrected chi connectivity index (χ3v) is 15.2. The van der Waals surface area contributed by atoms with Crippen molar-refractivity contribution in [3.8, 4) is 50.3 Å². The number of rotatable bonds is 2. The Morgan fingerprint density at radius 2 is 1.08 bits per heavy atom. The van der Waals surface area contributed by atoms with E-state index in [9.17, 15) is 0 Å². The Kier molecular flexibility index (Phi) is 6.43. The van der Waals surface area contributed by atoms with Crippen LogP contribution in [-0.2, 0) is 10.8 Å². The summed E-state index contributed by atoms with van der Waals surface area (Å²) in [7, 11) is 0. The van der Waals surface area contributed by atoms with Gasteiger partial charge < -0.3 is 4.42 Å². The number of nitrogens with zero attached hydrogens (tertiary/aromatic N) is 2. The molecule has 0 N–H and O–H groups in total. The summed E-state index contributed by atoms with van der Waals surface area (Å²) < 4.78 is 9.28. The van der Waals surface area contributed by atoms with Crippen molar-refractivity contribution in [1.82, 2.24) is 9.55 Å². The fourth-order valence-electron chi connectivity index (χ4n) is 12.7. The van der Waals surface area contributed by atoms with E-state index in [2.05, 4.69) is 213 Å². The Morgan fingerprint density at radius 1 is 0.453 bits per heavy atom. The van der Waals surface area contributed by atoms with Crippen LogP contribution in [0.15, 0.2) is 199 Å². The number of hydrogen-bond donors (Lipinski definition) is 0. The molecule has 1 spiro atoms. The number of aromatic nitrogens is 2. The lowest BCUT2D eigenvalue weighted by atomic mass is 9.70. The Morgan fingerprint density at radius 3 is 1.84 bits per heavy atom. The van der Waals surface area contributed by atoms with Gasteiger partial charge in [-0.2, -0.15) is 0 Å². The number of para-hydroxylation sites is 2. The van der Waals surface area contributed by atoms with Crippen LogP contribution in [0.25, 0.3) is 105 Å². The van der Waals surface area contributed by atoms with Crippen LogP contribution in [0.2, 0.25) is 0 Å². The smallest absolute Gasteiger partial charge is 0.213 e. The third-order valence-electron chi connectivity index (χ3n) is 15.2. The summed E-state index contributed by atoms with van der Waals surface area (Å²) in [6.07, 6.45) is 0. The van der Waals surface area contributed by atoms with E-state index in [0.29, 0.717) is 0 Å². The molecule has 0 saturated carbocycles. The highest BCUT2D eigenvalue weighted by atomic mass is 16.3. The third kappa shape index (κ3) is 4.03. The van der Waals surface area contributed by atoms with E-state index < -0.39 is 5.41 Å². The molecule has 15 rings (SSSR count). The fourth-order valence-corrected chi connectivity index (χ4v) is 12.7. The highest BCUT2D eigenvalue weighted by Crippen LogP contribution is 2.64. The second-order valence-electron chi connectivity index (χ2n) is 18.5. The molecule has 9 aromatic carbocycles. The molecule has 3 nitrogen and oxygen atoms in total. The molecule has 0 saturated heterocycles. The lowest BCUT2D eigenvalue weighted by molar-refractivity contribution is 0.645. The lowest BCUT2D eigenvalue weighted by Gasteiger charge is -2.30. The summed E-state index contributed by atoms with van der Waals surface area (Å²) in [4.78, 5) is 5.55. The zero-order valence-electron chi connectivity index (χ0n) is 35.3. The predicted octanol–water partition coefficient (Wildman–Crippen LogP) is 15.5. The normalized spacial score (nSPS) is 14.7. The van der Waals surface area contributed by atoms with Gasteiger partial charge in [0.05, 0.1) is 27.5 Å². The predicted molar refractivity (Wildman–Crippen MR) is 263 cm³/mol. The van der Waals surface area contributed by atoms with Gasteiger partial charge in [0.1, 0.15) is 5.58 Å². The first kappa shape index (κ1) is 34.6. The average molecular weight is 815 g/mol. The van der Waals surface area contributed by atoms with Crippen LogP contribution in [0.4, 0.5) is 0 Å². The Labute approximate surface area is 369 Å². The van der Waals surface area contributed by atoms with Gasteiger partial charge in [0.15, 0.2) is 0 Å². The fraction of sp³-hybridized carbons (Fsp3) is 0.0656. The molecule has 12 aromatic rings. The molecule has 3 aliphatic carbocycles. The van der Waals surface area contributed by atoms with Gasteiger partial charge >= 0.3 is 0 Å². The summed E-state index contributed by atoms with van der Waals surface area (Å²) in [5.74, 6) is 0. The maximum absolute atomic E-state index is 6.93. The largest absolute Gasteiger partial charge is 0.439 e. The molecule has 0 amide bonds. The molecule has 0 unspecified atom stereocenters. The molecular formula is C61H38N2O. The van der Waals surface area contributed by atoms with Gasteiger partial charge in [-0.3, -0.25) is 4.57 Å². The van der Waals surface area contributed by atoms with E-state index in [0.717, 1.165) is 50.0 Å². The van der Waals surface area contributed by atoms with Crippen LogP contribution in [0.5, 0.6) is 0 Å². The maximum Gasteiger partial charge on any atom is 0.213 e. The van der Waals surface area contributed by atoms with Gasteiger partial charge in [0.2, 0.25) is 5.71 Å². The standard InChI is InChI=1S/C61H38N2O/c1-60(2)45-24-9-3-20-39(45)40-31-33-51-56(57(40)60)55-43-23-8-14-29-52(43)64-59(55)63(51)36-17-15-16-35(34-36)58-44-30-32-49-54(53(44)42-22-7-13-28-50(42)62-58)41-21-6-12-27-48(41)61(49)46-25-10-4-18-37(46)38-19-5-11-26-47(38)61/h3-34H,1-2H3. The van der Waals surface area contributed by atoms with Crippen LogP contribution in [0.3, 0.4) is 0 Å². The van der Waals surface area contributed by atoms with Crippen molar-refractivity contribution in [2.75, 3.05) is 0 Å². The van der Waals surface area contributed by atoms with Crippen molar-refractivity contribution in [3.05, 3.63) is 228 Å². The van der Waals surface area contributed by atoms with E-state index >= 15 is 0 Å². The van der Waals surface area contributed by atoms with Crippen LogP contribution in [-0.4, -0.2) is 9.55 Å². The average Bonchev–Trinajstić information content (AvgIpc) is 4.10. The first-order valence-corrected chi connectivity index (χ1v) is 22.4. The van der Waals surface area contributed by atoms with Crippen LogP contribution >= 0.6 is 0 Å². The van der Waals surface area contributed by atoms with E-state index in [1.165, 1.54) is 88.3 Å². The molecule has 0 aliphatic heterocycles. The molecule has 0 radical (unpaired) electrons. The minimum atomic E-state index is -0.429. The molecule has 64 heavy (non-hydrogen) atoms. The molecule has 298 valence electrons. The molecule has 0 bridgehead atoms. The van der Waals surface area contributed by atoms with E-state index in [1.807, 2.05) is 0 Å². The first-order valence-electron chi connectivity index (χ1n) is 22.4. The van der Waals surface area contributed by atoms with Crippen LogP contribution in [0.1, 0.15) is 47.2 Å². The van der Waals surface area contributed by atoms with Gasteiger partial charge in [-0.1, -0.05) is 178 Å². The van der Waals surface area contributed by atoms with Crippen molar-refractivity contribution in [3.63, 3.8) is 0 Å². The molecular weight excluding hydrogens is 777 g/mol. The number of hydrogen-bond acceptors (Lipinski definition) is 2. The van der Waals surface area contributed by atoms with Crippen molar-refractivity contribution in [1.29, 1.82) is 0 Å². The zero-order chi connectivity index (χ0) is 42.1. The van der Waals surface area contributed by atoms with Crippen molar-refractivity contribution >= 4 is 54.6 Å². The summed E-state index contributed by atoms with van der Waals surface area (Å²) in [6, 6.07) is 71.7. The molecule has 3 heterocycles. The van der Waals surface area contributed by atoms with Gasteiger partial charge in [0, 0.05) is 43.6 Å². The minimum absolute atomic E-state index is 0.196. The molecule has 3 aromatic heterocycles. The maximum atomic E-state index is 6.93. The van der Waals surface area contributed by atoms with Crippen LogP contribution in [0, 0.1) is 0 Å². The molecule has 0 atom stereocenters. The van der Waals surface area contributed by atoms with E-state index in [-0.39, 0.29) is 5.41 Å². The Bertz CT molecular complexity index is 4020. The molecule has 0 fully saturated rings. The van der Waals surface area contributed by atoms with Gasteiger partial charge in [-0.15, -0.1) is 0 Å². The van der Waals surface area contributed by atoms with E-state index in [4.69, 9.17) is 9.40 Å². The molecule has 3 aliphatic rings. The topological polar surface area (TPSA) is 31.0 Å². The summed E-state index contributed by atoms with van der Waals surface area (Å²) in [5.41, 5.74) is 22.3. The van der Waals surface area contributed by atoms with E-state index in [1.54, 1.807) is 0 Å². The molecule has 3 heteroatoms. The number of furan rings is 1. The highest BCUT2D eigenvalue weighted by Gasteiger charge is 2.52. The quantitative estimate of drug-likeness (QED) is 0.163. The number of pyridine rings is 1. The Hall–Kier alpha value is -8.01. The first-order chi connectivity index (χ1) is 31.5. The minimum Gasteiger partial charge on any atom is -0.439 e. The van der Waals surface area contributed by atoms with Gasteiger partial charge in [-0.05, 0) is 97.1 Å². The summed E-state index contributed by atoms with van der Waals surface area (Å²) in [5, 5.41) is 7.12. The van der Waals surface area contributed by atoms with Crippen molar-refractivity contribution in [2.24, 2.45) is 0 Å². The monoisotopic (exact) mass is 814 g/mol. The summed E-state index contributed by atoms with van der Waals surface area (Å²) >= 11 is 0. The number of fused-ring (bicyclic) bond motifs is 23. The van der Waals surface area contributed by atoms with Crippen molar-refractivity contribution < 1.29 is 4.42 Å². The highest BCUT2D eigenvalue weighted by molar-refractivity contribution is 6.23. The lowest BCUT2D eigenvalue weighted by Crippen LogP contribution is -2.25. The zero-order valence-corrected chi connectivity index (χ0v) is 35.3. The SMILES string of the molecule is CC1(C)c2ccccc2-c2ccc3c(c21)c1c2ccccc2oc1n3-c1cccc(-c2nc3ccccc3c3c4c(ccc23)C2(c3ccccc3-c3ccccc32)c2ccccc2-4)c1. The summed E-state index contributed by atoms with van der Waals surface area (Å²) in [6.45, 7) is 4.75. The van der Waals surface area contributed by atoms with Crippen LogP contribution < -0.4 is 0 Å². The number of benzene rings is 9. The second kappa shape index (κ2) is 11.9. The van der Waals surface area contributed by atoms with Gasteiger partial charge in [0.25, 0.3) is 0 Å². The Balaban J connectivity index is 1.01. The van der Waals surface area contributed by atoms with Crippen molar-refractivity contribution in [2.45, 2.75) is 24.7 Å². The van der Waals surface area contributed by atoms with Gasteiger partial charge in [-0.25, -0.2) is 4.98 Å². The second-order valence-corrected chi connectivity index (χ2v) is 18.5.